The van der Waals surface area contributed by atoms with Crippen LogP contribution in [0.4, 0.5) is 11.5 Å². The molecular weight excluding hydrogens is 484 g/mol. The number of rotatable bonds is 8. The number of ether oxygens (including phenoxy) is 3. The average molecular weight is 515 g/mol. The molecule has 10 nitrogen and oxygen atoms in total. The first-order valence-corrected chi connectivity index (χ1v) is 12.3. The van der Waals surface area contributed by atoms with E-state index in [0.717, 1.165) is 22.3 Å². The Morgan fingerprint density at radius 2 is 1.84 bits per heavy atom. The first-order valence-electron chi connectivity index (χ1n) is 12.3. The predicted molar refractivity (Wildman–Crippen MR) is 145 cm³/mol. The first-order chi connectivity index (χ1) is 18.5. The van der Waals surface area contributed by atoms with Crippen LogP contribution < -0.4 is 19.5 Å². The Labute approximate surface area is 220 Å². The molecule has 2 aromatic carbocycles. The third-order valence-corrected chi connectivity index (χ3v) is 6.60. The number of benzene rings is 2. The van der Waals surface area contributed by atoms with Gasteiger partial charge in [0.1, 0.15) is 24.0 Å². The molecule has 10 heteroatoms. The van der Waals surface area contributed by atoms with E-state index in [2.05, 4.69) is 27.0 Å². The van der Waals surface area contributed by atoms with E-state index in [9.17, 15) is 4.79 Å². The minimum Gasteiger partial charge on any atom is -0.495 e. The van der Waals surface area contributed by atoms with Gasteiger partial charge in [-0.3, -0.25) is 9.48 Å². The molecule has 1 aliphatic rings. The molecule has 196 valence electrons. The van der Waals surface area contributed by atoms with Gasteiger partial charge in [-0.2, -0.15) is 5.10 Å². The van der Waals surface area contributed by atoms with Crippen molar-refractivity contribution in [2.75, 3.05) is 32.6 Å². The van der Waals surface area contributed by atoms with Crippen molar-refractivity contribution in [2.45, 2.75) is 18.9 Å². The summed E-state index contributed by atoms with van der Waals surface area (Å²) in [4.78, 5) is 22.7. The van der Waals surface area contributed by atoms with Crippen LogP contribution >= 0.6 is 0 Å². The molecule has 0 radical (unpaired) electrons. The lowest BCUT2D eigenvalue weighted by atomic mass is 10.1. The third kappa shape index (κ3) is 5.10. The second-order valence-electron chi connectivity index (χ2n) is 9.00. The largest absolute Gasteiger partial charge is 0.495 e. The zero-order valence-electron chi connectivity index (χ0n) is 21.7. The summed E-state index contributed by atoms with van der Waals surface area (Å²) in [5, 5.41) is 8.69. The Morgan fingerprint density at radius 3 is 2.53 bits per heavy atom. The summed E-state index contributed by atoms with van der Waals surface area (Å²) in [5.41, 5.74) is 3.25. The highest BCUT2D eigenvalue weighted by Crippen LogP contribution is 2.38. The molecule has 0 atom stereocenters. The highest BCUT2D eigenvalue weighted by atomic mass is 16.5. The number of hydrogen-bond donors (Lipinski definition) is 1. The van der Waals surface area contributed by atoms with Crippen LogP contribution in [0, 0.1) is 0 Å². The number of aryl methyl sites for hydroxylation is 1. The molecule has 0 saturated carbocycles. The fourth-order valence-electron chi connectivity index (χ4n) is 4.58. The van der Waals surface area contributed by atoms with Gasteiger partial charge in [-0.1, -0.05) is 6.58 Å². The normalized spacial score (nSPS) is 13.8. The van der Waals surface area contributed by atoms with Crippen LogP contribution in [-0.4, -0.2) is 64.0 Å². The summed E-state index contributed by atoms with van der Waals surface area (Å²) in [7, 11) is 5.12. The van der Waals surface area contributed by atoms with Crippen LogP contribution in [0.1, 0.15) is 12.8 Å². The molecule has 0 spiro atoms. The van der Waals surface area contributed by atoms with Crippen LogP contribution in [0.5, 0.6) is 17.2 Å². The Morgan fingerprint density at radius 1 is 1.05 bits per heavy atom. The summed E-state index contributed by atoms with van der Waals surface area (Å²) in [6.45, 7) is 4.81. The molecule has 1 aliphatic heterocycles. The molecule has 1 N–H and O–H groups in total. The predicted octanol–water partition coefficient (Wildman–Crippen LogP) is 4.35. The molecule has 2 aromatic heterocycles. The van der Waals surface area contributed by atoms with Gasteiger partial charge in [-0.15, -0.1) is 0 Å². The van der Waals surface area contributed by atoms with Crippen LogP contribution in [0.25, 0.3) is 22.2 Å². The molecule has 0 aliphatic carbocycles. The van der Waals surface area contributed by atoms with Gasteiger partial charge in [0.15, 0.2) is 11.5 Å². The van der Waals surface area contributed by atoms with Gasteiger partial charge in [0.2, 0.25) is 5.91 Å². The summed E-state index contributed by atoms with van der Waals surface area (Å²) in [5.74, 6) is 2.40. The fourth-order valence-corrected chi connectivity index (χ4v) is 4.58. The Hall–Kier alpha value is -4.60. The molecule has 1 fully saturated rings. The molecule has 3 heterocycles. The van der Waals surface area contributed by atoms with Crippen molar-refractivity contribution in [3.8, 4) is 28.5 Å². The number of nitrogens with zero attached hydrogens (tertiary/aromatic N) is 5. The highest BCUT2D eigenvalue weighted by molar-refractivity contribution is 5.93. The van der Waals surface area contributed by atoms with E-state index in [0.29, 0.717) is 54.5 Å². The SMILES string of the molecule is C=CC(=O)N1CCC(Oc2cc3c(Nc4cc(-c5ccn(C)n5)ccc4OC)ncnc3cc2OC)CC1. The molecular formula is C28H30N6O4. The lowest BCUT2D eigenvalue weighted by molar-refractivity contribution is -0.127. The van der Waals surface area contributed by atoms with Crippen molar-refractivity contribution in [1.29, 1.82) is 0 Å². The molecule has 0 bridgehead atoms. The number of anilines is 2. The summed E-state index contributed by atoms with van der Waals surface area (Å²) < 4.78 is 19.4. The van der Waals surface area contributed by atoms with E-state index in [1.54, 1.807) is 23.8 Å². The van der Waals surface area contributed by atoms with Gasteiger partial charge in [0.25, 0.3) is 0 Å². The van der Waals surface area contributed by atoms with Gasteiger partial charge in [0, 0.05) is 56.2 Å². The fraction of sp³-hybridized carbons (Fsp3) is 0.286. The molecule has 4 aromatic rings. The van der Waals surface area contributed by atoms with Gasteiger partial charge < -0.3 is 24.4 Å². The first kappa shape index (κ1) is 25.1. The van der Waals surface area contributed by atoms with Crippen molar-refractivity contribution in [1.82, 2.24) is 24.6 Å². The van der Waals surface area contributed by atoms with E-state index in [-0.39, 0.29) is 12.0 Å². The number of methoxy groups -OCH3 is 2. The third-order valence-electron chi connectivity index (χ3n) is 6.60. The minimum absolute atomic E-state index is 0.0496. The lowest BCUT2D eigenvalue weighted by Gasteiger charge is -2.31. The molecule has 38 heavy (non-hydrogen) atoms. The number of carbonyl (C=O) groups excluding carboxylic acids is 1. The number of likely N-dealkylation sites (tertiary alicyclic amines) is 1. The molecule has 5 rings (SSSR count). The summed E-state index contributed by atoms with van der Waals surface area (Å²) >= 11 is 0. The number of carbonyl (C=O) groups is 1. The average Bonchev–Trinajstić information content (AvgIpc) is 3.39. The van der Waals surface area contributed by atoms with Crippen molar-refractivity contribution < 1.29 is 19.0 Å². The Kier molecular flexibility index (Phi) is 7.12. The van der Waals surface area contributed by atoms with E-state index >= 15 is 0 Å². The Balaban J connectivity index is 1.45. The van der Waals surface area contributed by atoms with Crippen LogP contribution in [-0.2, 0) is 11.8 Å². The quantitative estimate of drug-likeness (QED) is 0.346. The highest BCUT2D eigenvalue weighted by Gasteiger charge is 2.24. The topological polar surface area (TPSA) is 104 Å². The van der Waals surface area contributed by atoms with Crippen molar-refractivity contribution in [2.24, 2.45) is 7.05 Å². The zero-order valence-corrected chi connectivity index (χ0v) is 21.7. The van der Waals surface area contributed by atoms with E-state index in [1.807, 2.05) is 49.6 Å². The number of aromatic nitrogens is 4. The van der Waals surface area contributed by atoms with E-state index < -0.39 is 0 Å². The monoisotopic (exact) mass is 514 g/mol. The number of nitrogens with one attached hydrogen (secondary N) is 1. The van der Waals surface area contributed by atoms with Crippen molar-refractivity contribution in [3.05, 3.63) is 61.6 Å². The minimum atomic E-state index is -0.0536. The number of hydrogen-bond acceptors (Lipinski definition) is 8. The van der Waals surface area contributed by atoms with Crippen molar-refractivity contribution >= 4 is 28.3 Å². The van der Waals surface area contributed by atoms with Gasteiger partial charge >= 0.3 is 0 Å². The van der Waals surface area contributed by atoms with E-state index in [1.165, 1.54) is 12.4 Å². The lowest BCUT2D eigenvalue weighted by Crippen LogP contribution is -2.41. The van der Waals surface area contributed by atoms with Gasteiger partial charge in [0.05, 0.1) is 31.1 Å². The second-order valence-corrected chi connectivity index (χ2v) is 9.00. The van der Waals surface area contributed by atoms with Gasteiger partial charge in [-0.25, -0.2) is 9.97 Å². The standard InChI is InChI=1S/C28H30N6O4/c1-5-27(35)34-12-8-19(9-13-34)38-26-15-20-22(16-25(26)37-4)29-17-30-28(20)31-23-14-18(6-7-24(23)36-3)21-10-11-33(2)32-21/h5-7,10-11,14-17,19H,1,8-9,12-13H2,2-4H3,(H,29,30,31). The second kappa shape index (κ2) is 10.8. The maximum Gasteiger partial charge on any atom is 0.245 e. The summed E-state index contributed by atoms with van der Waals surface area (Å²) in [6, 6.07) is 11.5. The molecule has 0 unspecified atom stereocenters. The van der Waals surface area contributed by atoms with Gasteiger partial charge in [-0.05, 0) is 36.4 Å². The maximum absolute atomic E-state index is 11.9. The maximum atomic E-state index is 11.9. The number of piperidine rings is 1. The number of fused-ring (bicyclic) bond motifs is 1. The number of amides is 1. The molecule has 1 amide bonds. The van der Waals surface area contributed by atoms with Crippen LogP contribution in [0.3, 0.4) is 0 Å². The van der Waals surface area contributed by atoms with Crippen LogP contribution in [0.15, 0.2) is 61.6 Å². The molecule has 1 saturated heterocycles. The van der Waals surface area contributed by atoms with E-state index in [4.69, 9.17) is 14.2 Å². The smallest absolute Gasteiger partial charge is 0.245 e. The van der Waals surface area contributed by atoms with Crippen molar-refractivity contribution in [3.63, 3.8) is 0 Å². The zero-order chi connectivity index (χ0) is 26.6. The Bertz CT molecular complexity index is 1480. The summed E-state index contributed by atoms with van der Waals surface area (Å²) in [6.07, 6.45) is 6.14. The van der Waals surface area contributed by atoms with Crippen LogP contribution in [0.2, 0.25) is 0 Å².